The van der Waals surface area contributed by atoms with Crippen molar-refractivity contribution in [1.29, 1.82) is 0 Å². The lowest BCUT2D eigenvalue weighted by Crippen LogP contribution is -2.43. The number of carbonyl (C=O) groups is 1. The van der Waals surface area contributed by atoms with Crippen LogP contribution in [-0.4, -0.2) is 23.7 Å². The molecule has 3 nitrogen and oxygen atoms in total. The van der Waals surface area contributed by atoms with E-state index in [4.69, 9.17) is 11.6 Å². The zero-order valence-electron chi connectivity index (χ0n) is 12.1. The van der Waals surface area contributed by atoms with Crippen LogP contribution in [0.1, 0.15) is 33.1 Å². The largest absolute Gasteiger partial charge is 0.480 e. The first-order valence-corrected chi connectivity index (χ1v) is 7.59. The molecule has 1 saturated carbocycles. The molecule has 0 radical (unpaired) electrons. The van der Waals surface area contributed by atoms with Crippen molar-refractivity contribution in [2.24, 2.45) is 11.8 Å². The minimum Gasteiger partial charge on any atom is -0.480 e. The number of nitrogens with zero attached hydrogens (tertiary/aromatic N) is 1. The van der Waals surface area contributed by atoms with Crippen molar-refractivity contribution in [2.45, 2.75) is 39.2 Å². The molecule has 0 saturated heterocycles. The Morgan fingerprint density at radius 1 is 1.35 bits per heavy atom. The lowest BCUT2D eigenvalue weighted by Gasteiger charge is -2.40. The second-order valence-electron chi connectivity index (χ2n) is 5.92. The van der Waals surface area contributed by atoms with Crippen LogP contribution in [0.3, 0.4) is 0 Å². The van der Waals surface area contributed by atoms with Crippen molar-refractivity contribution >= 4 is 23.3 Å². The van der Waals surface area contributed by atoms with Gasteiger partial charge in [0.2, 0.25) is 0 Å². The highest BCUT2D eigenvalue weighted by Crippen LogP contribution is 2.34. The van der Waals surface area contributed by atoms with Gasteiger partial charge in [-0.3, -0.25) is 4.79 Å². The second-order valence-corrected chi connectivity index (χ2v) is 6.36. The summed E-state index contributed by atoms with van der Waals surface area (Å²) in [6.45, 7) is 4.57. The normalized spacial score (nSPS) is 26.2. The molecule has 1 aromatic rings. The molecule has 3 unspecified atom stereocenters. The average molecular weight is 296 g/mol. The summed E-state index contributed by atoms with van der Waals surface area (Å²) in [5, 5.41) is 9.84. The Labute approximate surface area is 125 Å². The van der Waals surface area contributed by atoms with E-state index in [-0.39, 0.29) is 12.6 Å². The van der Waals surface area contributed by atoms with Crippen molar-refractivity contribution in [2.75, 3.05) is 11.4 Å². The molecular weight excluding hydrogens is 274 g/mol. The van der Waals surface area contributed by atoms with E-state index in [1.165, 1.54) is 0 Å². The first kappa shape index (κ1) is 15.2. The quantitative estimate of drug-likeness (QED) is 0.911. The van der Waals surface area contributed by atoms with Gasteiger partial charge in [0, 0.05) is 16.8 Å². The van der Waals surface area contributed by atoms with E-state index in [1.54, 1.807) is 0 Å². The molecule has 1 aromatic carbocycles. The first-order chi connectivity index (χ1) is 9.47. The van der Waals surface area contributed by atoms with Gasteiger partial charge in [0.25, 0.3) is 0 Å². The lowest BCUT2D eigenvalue weighted by atomic mass is 9.78. The fourth-order valence-corrected chi connectivity index (χ4v) is 3.22. The smallest absolute Gasteiger partial charge is 0.323 e. The Morgan fingerprint density at radius 2 is 2.10 bits per heavy atom. The highest BCUT2D eigenvalue weighted by molar-refractivity contribution is 6.30. The minimum absolute atomic E-state index is 0.0338. The highest BCUT2D eigenvalue weighted by atomic mass is 35.5. The van der Waals surface area contributed by atoms with Crippen LogP contribution in [0, 0.1) is 11.8 Å². The van der Waals surface area contributed by atoms with Crippen molar-refractivity contribution in [3.8, 4) is 0 Å². The van der Waals surface area contributed by atoms with E-state index in [1.807, 2.05) is 29.2 Å². The predicted molar refractivity (Wildman–Crippen MR) is 82.4 cm³/mol. The zero-order chi connectivity index (χ0) is 14.7. The van der Waals surface area contributed by atoms with Crippen LogP contribution in [0.4, 0.5) is 5.69 Å². The van der Waals surface area contributed by atoms with E-state index in [9.17, 15) is 9.90 Å². The third-order valence-corrected chi connectivity index (χ3v) is 4.69. The number of carboxylic acid groups (broad SMARTS) is 1. The molecule has 0 aromatic heterocycles. The van der Waals surface area contributed by atoms with Gasteiger partial charge in [-0.15, -0.1) is 0 Å². The van der Waals surface area contributed by atoms with Crippen LogP contribution in [0.2, 0.25) is 5.02 Å². The number of aliphatic carboxylic acids is 1. The molecule has 1 fully saturated rings. The van der Waals surface area contributed by atoms with Gasteiger partial charge < -0.3 is 10.0 Å². The highest BCUT2D eigenvalue weighted by Gasteiger charge is 2.29. The molecule has 0 bridgehead atoms. The van der Waals surface area contributed by atoms with Crippen molar-refractivity contribution in [3.05, 3.63) is 29.3 Å². The predicted octanol–water partition coefficient (Wildman–Crippen LogP) is 4.06. The van der Waals surface area contributed by atoms with Gasteiger partial charge in [-0.05, 0) is 49.3 Å². The number of rotatable bonds is 4. The van der Waals surface area contributed by atoms with Gasteiger partial charge in [-0.1, -0.05) is 31.5 Å². The summed E-state index contributed by atoms with van der Waals surface area (Å²) >= 11 is 6.04. The topological polar surface area (TPSA) is 40.5 Å². The van der Waals surface area contributed by atoms with Crippen LogP contribution < -0.4 is 4.90 Å². The van der Waals surface area contributed by atoms with Gasteiger partial charge in [0.1, 0.15) is 6.54 Å². The van der Waals surface area contributed by atoms with E-state index < -0.39 is 5.97 Å². The monoisotopic (exact) mass is 295 g/mol. The molecule has 3 atom stereocenters. The maximum atomic E-state index is 11.2. The molecule has 1 N–H and O–H groups in total. The fraction of sp³-hybridized carbons (Fsp3) is 0.562. The lowest BCUT2D eigenvalue weighted by molar-refractivity contribution is -0.135. The summed E-state index contributed by atoms with van der Waals surface area (Å²) in [4.78, 5) is 13.2. The van der Waals surface area contributed by atoms with Crippen LogP contribution >= 0.6 is 11.6 Å². The Bertz CT molecular complexity index is 477. The van der Waals surface area contributed by atoms with Gasteiger partial charge in [-0.2, -0.15) is 0 Å². The molecule has 0 aliphatic heterocycles. The standard InChI is InChI=1S/C16H22ClNO2/c1-11-6-7-15(8-12(11)2)18(10-16(19)20)14-5-3-4-13(17)9-14/h3-5,9,11-12,15H,6-8,10H2,1-2H3,(H,19,20). The zero-order valence-corrected chi connectivity index (χ0v) is 12.8. The van der Waals surface area contributed by atoms with Crippen molar-refractivity contribution in [3.63, 3.8) is 0 Å². The SMILES string of the molecule is CC1CCC(N(CC(=O)O)c2cccc(Cl)c2)CC1C. The second kappa shape index (κ2) is 6.49. The number of halogens is 1. The summed E-state index contributed by atoms with van der Waals surface area (Å²) in [6.07, 6.45) is 3.24. The molecule has 0 amide bonds. The van der Waals surface area contributed by atoms with Crippen LogP contribution in [0.15, 0.2) is 24.3 Å². The van der Waals surface area contributed by atoms with Gasteiger partial charge in [0.15, 0.2) is 0 Å². The first-order valence-electron chi connectivity index (χ1n) is 7.21. The molecular formula is C16H22ClNO2. The molecule has 0 spiro atoms. The van der Waals surface area contributed by atoms with Crippen LogP contribution in [0.25, 0.3) is 0 Å². The van der Waals surface area contributed by atoms with Crippen LogP contribution in [-0.2, 0) is 4.79 Å². The molecule has 2 rings (SSSR count). The number of hydrogen-bond donors (Lipinski definition) is 1. The fourth-order valence-electron chi connectivity index (χ4n) is 3.03. The van der Waals surface area contributed by atoms with Gasteiger partial charge in [-0.25, -0.2) is 0 Å². The molecule has 1 aliphatic carbocycles. The number of hydrogen-bond acceptors (Lipinski definition) is 2. The third-order valence-electron chi connectivity index (χ3n) is 4.46. The van der Waals surface area contributed by atoms with E-state index in [0.29, 0.717) is 10.9 Å². The van der Waals surface area contributed by atoms with Crippen molar-refractivity contribution in [1.82, 2.24) is 0 Å². The average Bonchev–Trinajstić information content (AvgIpc) is 2.39. The Kier molecular flexibility index (Phi) is 4.92. The summed E-state index contributed by atoms with van der Waals surface area (Å²) in [6, 6.07) is 7.78. The number of carboxylic acids is 1. The molecule has 1 aliphatic rings. The summed E-state index contributed by atoms with van der Waals surface area (Å²) in [5.74, 6) is 0.553. The van der Waals surface area contributed by atoms with Crippen molar-refractivity contribution < 1.29 is 9.90 Å². The Morgan fingerprint density at radius 3 is 2.70 bits per heavy atom. The molecule has 4 heteroatoms. The minimum atomic E-state index is -0.795. The Balaban J connectivity index is 2.21. The summed E-state index contributed by atoms with van der Waals surface area (Å²) < 4.78 is 0. The molecule has 0 heterocycles. The maximum Gasteiger partial charge on any atom is 0.323 e. The Hall–Kier alpha value is -1.22. The van der Waals surface area contributed by atoms with E-state index in [0.717, 1.165) is 30.9 Å². The maximum absolute atomic E-state index is 11.2. The van der Waals surface area contributed by atoms with E-state index in [2.05, 4.69) is 13.8 Å². The number of anilines is 1. The van der Waals surface area contributed by atoms with Gasteiger partial charge in [0.05, 0.1) is 0 Å². The summed E-state index contributed by atoms with van der Waals surface area (Å²) in [7, 11) is 0. The molecule has 110 valence electrons. The third kappa shape index (κ3) is 3.66. The number of benzene rings is 1. The molecule has 20 heavy (non-hydrogen) atoms. The van der Waals surface area contributed by atoms with E-state index >= 15 is 0 Å². The summed E-state index contributed by atoms with van der Waals surface area (Å²) in [5.41, 5.74) is 0.909. The van der Waals surface area contributed by atoms with Crippen LogP contribution in [0.5, 0.6) is 0 Å². The van der Waals surface area contributed by atoms with Gasteiger partial charge >= 0.3 is 5.97 Å².